The Kier molecular flexibility index (Phi) is 6.99. The quantitative estimate of drug-likeness (QED) is 0.531. The van der Waals surface area contributed by atoms with Crippen LogP contribution in [0.25, 0.3) is 0 Å². The van der Waals surface area contributed by atoms with Crippen LogP contribution in [-0.2, 0) is 17.8 Å². The Morgan fingerprint density at radius 2 is 2.00 bits per heavy atom. The maximum atomic E-state index is 12.2. The third-order valence-electron chi connectivity index (χ3n) is 3.83. The summed E-state index contributed by atoms with van der Waals surface area (Å²) >= 11 is 2.72. The molecule has 2 aromatic heterocycles. The summed E-state index contributed by atoms with van der Waals surface area (Å²) in [6, 6.07) is 9.60. The number of amides is 1. The van der Waals surface area contributed by atoms with Crippen molar-refractivity contribution in [1.82, 2.24) is 25.0 Å². The van der Waals surface area contributed by atoms with Crippen molar-refractivity contribution < 1.29 is 9.53 Å². The second kappa shape index (κ2) is 9.65. The van der Waals surface area contributed by atoms with E-state index in [0.717, 1.165) is 23.0 Å². The van der Waals surface area contributed by atoms with Gasteiger partial charge in [0.15, 0.2) is 17.1 Å². The highest BCUT2D eigenvalue weighted by molar-refractivity contribution is 7.99. The zero-order valence-corrected chi connectivity index (χ0v) is 17.6. The number of benzene rings is 1. The molecule has 1 aromatic carbocycles. The summed E-state index contributed by atoms with van der Waals surface area (Å²) in [6.07, 6.45) is 0.542. The number of aromatic nitrogens is 5. The standard InChI is InChI=1S/C18H22N6O2S2/c1-4-15-20-22-17(28-15)19-14(25)11-27-18-23-21-16(24(18)5-2)12(3)26-13-9-7-6-8-10-13/h6-10,12H,4-5,11H2,1-3H3,(H,19,22,25). The van der Waals surface area contributed by atoms with Gasteiger partial charge in [0.1, 0.15) is 10.8 Å². The third kappa shape index (κ3) is 5.08. The monoisotopic (exact) mass is 418 g/mol. The molecule has 0 spiro atoms. The minimum absolute atomic E-state index is 0.149. The number of ether oxygens (including phenoxy) is 1. The van der Waals surface area contributed by atoms with E-state index in [1.165, 1.54) is 23.1 Å². The van der Waals surface area contributed by atoms with Crippen LogP contribution in [0.2, 0.25) is 0 Å². The van der Waals surface area contributed by atoms with E-state index in [1.54, 1.807) is 0 Å². The molecule has 0 fully saturated rings. The molecule has 2 heterocycles. The topological polar surface area (TPSA) is 94.8 Å². The molecule has 1 atom stereocenters. The first-order chi connectivity index (χ1) is 13.6. The summed E-state index contributed by atoms with van der Waals surface area (Å²) < 4.78 is 7.91. The number of hydrogen-bond donors (Lipinski definition) is 1. The van der Waals surface area contributed by atoms with Gasteiger partial charge in [-0.2, -0.15) is 0 Å². The van der Waals surface area contributed by atoms with Crippen molar-refractivity contribution in [1.29, 1.82) is 0 Å². The molecule has 0 aliphatic heterocycles. The van der Waals surface area contributed by atoms with Gasteiger partial charge >= 0.3 is 0 Å². The van der Waals surface area contributed by atoms with Crippen molar-refractivity contribution in [2.24, 2.45) is 0 Å². The zero-order chi connectivity index (χ0) is 19.9. The van der Waals surface area contributed by atoms with Crippen LogP contribution in [0.4, 0.5) is 5.13 Å². The van der Waals surface area contributed by atoms with E-state index in [-0.39, 0.29) is 17.8 Å². The first-order valence-electron chi connectivity index (χ1n) is 9.00. The molecule has 0 aliphatic rings. The first kappa shape index (κ1) is 20.3. The number of carbonyl (C=O) groups is 1. The smallest absolute Gasteiger partial charge is 0.236 e. The highest BCUT2D eigenvalue weighted by Gasteiger charge is 2.19. The fourth-order valence-corrected chi connectivity index (χ4v) is 4.00. The average molecular weight is 419 g/mol. The van der Waals surface area contributed by atoms with E-state index in [1.807, 2.05) is 55.7 Å². The highest BCUT2D eigenvalue weighted by atomic mass is 32.2. The normalized spacial score (nSPS) is 12.0. The molecular weight excluding hydrogens is 396 g/mol. The van der Waals surface area contributed by atoms with Crippen molar-refractivity contribution in [2.75, 3.05) is 11.1 Å². The second-order valence-corrected chi connectivity index (χ2v) is 7.85. The summed E-state index contributed by atoms with van der Waals surface area (Å²) in [7, 11) is 0. The van der Waals surface area contributed by atoms with Gasteiger partial charge in [-0.15, -0.1) is 20.4 Å². The number of anilines is 1. The van der Waals surface area contributed by atoms with Gasteiger partial charge in [-0.05, 0) is 32.4 Å². The summed E-state index contributed by atoms with van der Waals surface area (Å²) in [5.41, 5.74) is 0. The van der Waals surface area contributed by atoms with Gasteiger partial charge in [0, 0.05) is 6.54 Å². The fourth-order valence-electron chi connectivity index (χ4n) is 2.49. The largest absolute Gasteiger partial charge is 0.483 e. The minimum Gasteiger partial charge on any atom is -0.483 e. The summed E-state index contributed by atoms with van der Waals surface area (Å²) in [4.78, 5) is 12.2. The van der Waals surface area contributed by atoms with E-state index < -0.39 is 0 Å². The van der Waals surface area contributed by atoms with E-state index in [4.69, 9.17) is 4.74 Å². The fraction of sp³-hybridized carbons (Fsp3) is 0.389. The Morgan fingerprint density at radius 1 is 1.21 bits per heavy atom. The SMILES string of the molecule is CCc1nnc(NC(=O)CSc2nnc(C(C)Oc3ccccc3)n2CC)s1. The Hall–Kier alpha value is -2.46. The van der Waals surface area contributed by atoms with Crippen molar-refractivity contribution in [3.05, 3.63) is 41.2 Å². The second-order valence-electron chi connectivity index (χ2n) is 5.85. The lowest BCUT2D eigenvalue weighted by Gasteiger charge is -2.15. The molecule has 148 valence electrons. The van der Waals surface area contributed by atoms with Crippen molar-refractivity contribution >= 4 is 34.1 Å². The van der Waals surface area contributed by atoms with Crippen LogP contribution >= 0.6 is 23.1 Å². The van der Waals surface area contributed by atoms with Gasteiger partial charge in [0.2, 0.25) is 11.0 Å². The maximum Gasteiger partial charge on any atom is 0.236 e. The minimum atomic E-state index is -0.258. The average Bonchev–Trinajstić information content (AvgIpc) is 3.33. The van der Waals surface area contributed by atoms with E-state index in [9.17, 15) is 4.79 Å². The lowest BCUT2D eigenvalue weighted by molar-refractivity contribution is -0.113. The van der Waals surface area contributed by atoms with Gasteiger partial charge in [0.25, 0.3) is 0 Å². The molecule has 0 bridgehead atoms. The first-order valence-corrected chi connectivity index (χ1v) is 10.8. The molecule has 3 rings (SSSR count). The molecule has 10 heteroatoms. The molecule has 0 aliphatic carbocycles. The van der Waals surface area contributed by atoms with E-state index in [2.05, 4.69) is 25.7 Å². The predicted octanol–water partition coefficient (Wildman–Crippen LogP) is 3.58. The van der Waals surface area contributed by atoms with E-state index >= 15 is 0 Å². The number of carbonyl (C=O) groups excluding carboxylic acids is 1. The molecular formula is C18H22N6O2S2. The van der Waals surface area contributed by atoms with Gasteiger partial charge < -0.3 is 9.30 Å². The number of rotatable bonds is 9. The summed E-state index contributed by atoms with van der Waals surface area (Å²) in [5.74, 6) is 1.57. The van der Waals surface area contributed by atoms with Crippen LogP contribution in [0, 0.1) is 0 Å². The number of nitrogens with one attached hydrogen (secondary N) is 1. The Balaban J connectivity index is 1.60. The van der Waals surface area contributed by atoms with Crippen LogP contribution in [-0.4, -0.2) is 36.6 Å². The number of thioether (sulfide) groups is 1. The van der Waals surface area contributed by atoms with Crippen molar-refractivity contribution in [3.8, 4) is 5.75 Å². The lowest BCUT2D eigenvalue weighted by Crippen LogP contribution is -2.15. The van der Waals surface area contributed by atoms with Gasteiger partial charge in [-0.25, -0.2) is 0 Å². The molecule has 0 radical (unpaired) electrons. The number of nitrogens with zero attached hydrogens (tertiary/aromatic N) is 5. The van der Waals surface area contributed by atoms with Crippen molar-refractivity contribution in [2.45, 2.75) is 45.0 Å². The third-order valence-corrected chi connectivity index (χ3v) is 5.78. The molecule has 1 N–H and O–H groups in total. The van der Waals surface area contributed by atoms with Crippen LogP contribution in [0.1, 0.15) is 37.7 Å². The van der Waals surface area contributed by atoms with Gasteiger partial charge in [0.05, 0.1) is 5.75 Å². The highest BCUT2D eigenvalue weighted by Crippen LogP contribution is 2.24. The van der Waals surface area contributed by atoms with E-state index in [0.29, 0.717) is 16.8 Å². The zero-order valence-electron chi connectivity index (χ0n) is 16.0. The number of aryl methyl sites for hydroxylation is 1. The molecule has 8 nitrogen and oxygen atoms in total. The molecule has 0 saturated carbocycles. The van der Waals surface area contributed by atoms with Crippen molar-refractivity contribution in [3.63, 3.8) is 0 Å². The molecule has 28 heavy (non-hydrogen) atoms. The van der Waals surface area contributed by atoms with Crippen LogP contribution in [0.15, 0.2) is 35.5 Å². The number of hydrogen-bond acceptors (Lipinski definition) is 8. The summed E-state index contributed by atoms with van der Waals surface area (Å²) in [6.45, 7) is 6.63. The molecule has 3 aromatic rings. The Bertz CT molecular complexity index is 912. The lowest BCUT2D eigenvalue weighted by atomic mass is 10.3. The Labute approximate surface area is 171 Å². The predicted molar refractivity (Wildman–Crippen MR) is 110 cm³/mol. The maximum absolute atomic E-state index is 12.2. The molecule has 1 unspecified atom stereocenters. The van der Waals surface area contributed by atoms with Crippen LogP contribution in [0.5, 0.6) is 5.75 Å². The number of para-hydroxylation sites is 1. The van der Waals surface area contributed by atoms with Gasteiger partial charge in [-0.3, -0.25) is 10.1 Å². The van der Waals surface area contributed by atoms with Crippen LogP contribution in [0.3, 0.4) is 0 Å². The van der Waals surface area contributed by atoms with Gasteiger partial charge in [-0.1, -0.05) is 48.2 Å². The summed E-state index contributed by atoms with van der Waals surface area (Å²) in [5, 5.41) is 21.3. The molecule has 0 saturated heterocycles. The van der Waals surface area contributed by atoms with Crippen LogP contribution < -0.4 is 10.1 Å². The molecule has 1 amide bonds. The Morgan fingerprint density at radius 3 is 2.68 bits per heavy atom.